The summed E-state index contributed by atoms with van der Waals surface area (Å²) in [5.41, 5.74) is 2.24. The van der Waals surface area contributed by atoms with Gasteiger partial charge in [-0.15, -0.1) is 0 Å². The highest BCUT2D eigenvalue weighted by atomic mass is 35.5. The molecule has 1 heterocycles. The first-order valence-corrected chi connectivity index (χ1v) is 7.04. The van der Waals surface area contributed by atoms with Crippen LogP contribution in [-0.2, 0) is 0 Å². The Balaban J connectivity index is 1.78. The van der Waals surface area contributed by atoms with Crippen molar-refractivity contribution in [3.63, 3.8) is 0 Å². The fourth-order valence-corrected chi connectivity index (χ4v) is 2.07. The minimum Gasteiger partial charge on any atom is -0.375 e. The first kappa shape index (κ1) is 14.6. The zero-order valence-corrected chi connectivity index (χ0v) is 12.6. The van der Waals surface area contributed by atoms with Crippen molar-refractivity contribution >= 4 is 23.1 Å². The van der Waals surface area contributed by atoms with Crippen LogP contribution in [0.25, 0.3) is 0 Å². The van der Waals surface area contributed by atoms with E-state index < -0.39 is 0 Å². The van der Waals surface area contributed by atoms with E-state index >= 15 is 0 Å². The number of nitrogens with zero attached hydrogens (tertiary/aromatic N) is 3. The summed E-state index contributed by atoms with van der Waals surface area (Å²) in [4.78, 5) is 10.4. The topological polar surface area (TPSA) is 41.1 Å². The molecule has 0 radical (unpaired) electrons. The summed E-state index contributed by atoms with van der Waals surface area (Å²) in [7, 11) is 2.10. The van der Waals surface area contributed by atoms with E-state index in [1.807, 2.05) is 13.0 Å². The second-order valence-electron chi connectivity index (χ2n) is 4.71. The van der Waals surface area contributed by atoms with Crippen molar-refractivity contribution in [3.05, 3.63) is 47.4 Å². The average Bonchev–Trinajstić information content (AvgIpc) is 2.47. The maximum Gasteiger partial charge on any atom is 0.224 e. The molecule has 5 heteroatoms. The van der Waals surface area contributed by atoms with Crippen LogP contribution in [0.5, 0.6) is 0 Å². The van der Waals surface area contributed by atoms with E-state index in [0.717, 1.165) is 30.9 Å². The quantitative estimate of drug-likeness (QED) is 0.654. The van der Waals surface area contributed by atoms with Gasteiger partial charge in [-0.1, -0.05) is 18.2 Å². The van der Waals surface area contributed by atoms with Crippen LogP contribution in [0.2, 0.25) is 5.28 Å². The molecule has 0 bridgehead atoms. The van der Waals surface area contributed by atoms with Crippen LogP contribution in [-0.4, -0.2) is 30.1 Å². The lowest BCUT2D eigenvalue weighted by atomic mass is 10.3. The predicted molar refractivity (Wildman–Crippen MR) is 84.6 cm³/mol. The average molecular weight is 291 g/mol. The number of halogens is 1. The van der Waals surface area contributed by atoms with Gasteiger partial charge in [0.25, 0.3) is 0 Å². The van der Waals surface area contributed by atoms with Gasteiger partial charge in [0.05, 0.1) is 0 Å². The summed E-state index contributed by atoms with van der Waals surface area (Å²) in [6.07, 6.45) is 2.75. The first-order valence-electron chi connectivity index (χ1n) is 6.66. The molecule has 0 aliphatic heterocycles. The molecule has 2 aromatic rings. The molecule has 4 nitrogen and oxygen atoms in total. The Bertz CT molecular complexity index is 545. The maximum absolute atomic E-state index is 5.79. The van der Waals surface area contributed by atoms with E-state index in [9.17, 15) is 0 Å². The van der Waals surface area contributed by atoms with E-state index in [4.69, 9.17) is 11.6 Å². The summed E-state index contributed by atoms with van der Waals surface area (Å²) >= 11 is 5.79. The number of para-hydroxylation sites is 1. The van der Waals surface area contributed by atoms with Crippen molar-refractivity contribution in [2.45, 2.75) is 13.3 Å². The highest BCUT2D eigenvalue weighted by Crippen LogP contribution is 2.13. The number of hydrogen-bond acceptors (Lipinski definition) is 4. The van der Waals surface area contributed by atoms with Gasteiger partial charge < -0.3 is 10.2 Å². The van der Waals surface area contributed by atoms with Crippen LogP contribution in [0, 0.1) is 6.92 Å². The Labute approximate surface area is 124 Å². The Kier molecular flexibility index (Phi) is 5.18. The summed E-state index contributed by atoms with van der Waals surface area (Å²) in [5.74, 6) is 0.812. The molecular weight excluding hydrogens is 272 g/mol. The molecule has 0 fully saturated rings. The molecule has 1 aromatic heterocycles. The standard InChI is InChI=1S/C15H19ClN4/c1-12-11-18-15(16)19-14(12)17-9-6-10-20(2)13-7-4-3-5-8-13/h3-5,7-8,11H,6,9-10H2,1-2H3,(H,17,18,19). The highest BCUT2D eigenvalue weighted by Gasteiger charge is 2.02. The molecule has 0 saturated carbocycles. The second-order valence-corrected chi connectivity index (χ2v) is 5.05. The lowest BCUT2D eigenvalue weighted by Gasteiger charge is -2.19. The van der Waals surface area contributed by atoms with Crippen molar-refractivity contribution in [1.29, 1.82) is 0 Å². The normalized spacial score (nSPS) is 10.3. The van der Waals surface area contributed by atoms with E-state index in [0.29, 0.717) is 0 Å². The molecule has 1 N–H and O–H groups in total. The van der Waals surface area contributed by atoms with Gasteiger partial charge in [0.1, 0.15) is 5.82 Å². The number of anilines is 2. The Morgan fingerprint density at radius 3 is 2.75 bits per heavy atom. The lowest BCUT2D eigenvalue weighted by Crippen LogP contribution is -2.21. The van der Waals surface area contributed by atoms with Crippen molar-refractivity contribution < 1.29 is 0 Å². The van der Waals surface area contributed by atoms with Crippen molar-refractivity contribution in [2.24, 2.45) is 0 Å². The zero-order valence-electron chi connectivity index (χ0n) is 11.8. The second kappa shape index (κ2) is 7.10. The third kappa shape index (κ3) is 4.10. The Morgan fingerprint density at radius 1 is 1.25 bits per heavy atom. The molecular formula is C15H19ClN4. The molecule has 0 aliphatic carbocycles. The fraction of sp³-hybridized carbons (Fsp3) is 0.333. The van der Waals surface area contributed by atoms with Gasteiger partial charge in [-0.25, -0.2) is 9.97 Å². The van der Waals surface area contributed by atoms with Crippen LogP contribution in [0.3, 0.4) is 0 Å². The third-order valence-electron chi connectivity index (χ3n) is 3.10. The monoisotopic (exact) mass is 290 g/mol. The van der Waals surface area contributed by atoms with Crippen LogP contribution >= 0.6 is 11.6 Å². The molecule has 0 atom stereocenters. The van der Waals surface area contributed by atoms with Gasteiger partial charge >= 0.3 is 0 Å². The number of benzene rings is 1. The van der Waals surface area contributed by atoms with Crippen LogP contribution in [0.1, 0.15) is 12.0 Å². The smallest absolute Gasteiger partial charge is 0.224 e. The van der Waals surface area contributed by atoms with Gasteiger partial charge in [0.2, 0.25) is 5.28 Å². The lowest BCUT2D eigenvalue weighted by molar-refractivity contribution is 0.813. The minimum atomic E-state index is 0.277. The van der Waals surface area contributed by atoms with E-state index in [1.165, 1.54) is 5.69 Å². The maximum atomic E-state index is 5.79. The number of aromatic nitrogens is 2. The van der Waals surface area contributed by atoms with Crippen LogP contribution in [0.15, 0.2) is 36.5 Å². The summed E-state index contributed by atoms with van der Waals surface area (Å²) in [6.45, 7) is 3.80. The largest absolute Gasteiger partial charge is 0.375 e. The van der Waals surface area contributed by atoms with Crippen molar-refractivity contribution in [2.75, 3.05) is 30.4 Å². The van der Waals surface area contributed by atoms with Crippen molar-refractivity contribution in [1.82, 2.24) is 9.97 Å². The first-order chi connectivity index (χ1) is 9.66. The van der Waals surface area contributed by atoms with E-state index in [-0.39, 0.29) is 5.28 Å². The molecule has 20 heavy (non-hydrogen) atoms. The van der Waals surface area contributed by atoms with Gasteiger partial charge in [0.15, 0.2) is 0 Å². The molecule has 0 aliphatic rings. The number of hydrogen-bond donors (Lipinski definition) is 1. The van der Waals surface area contributed by atoms with E-state index in [1.54, 1.807) is 6.20 Å². The van der Waals surface area contributed by atoms with Crippen LogP contribution < -0.4 is 10.2 Å². The van der Waals surface area contributed by atoms with E-state index in [2.05, 4.69) is 51.5 Å². The third-order valence-corrected chi connectivity index (χ3v) is 3.28. The minimum absolute atomic E-state index is 0.277. The number of rotatable bonds is 6. The number of nitrogens with one attached hydrogen (secondary N) is 1. The summed E-state index contributed by atoms with van der Waals surface area (Å²) in [6, 6.07) is 10.4. The van der Waals surface area contributed by atoms with Crippen molar-refractivity contribution in [3.8, 4) is 0 Å². The molecule has 106 valence electrons. The van der Waals surface area contributed by atoms with Crippen LogP contribution in [0.4, 0.5) is 11.5 Å². The molecule has 0 spiro atoms. The zero-order chi connectivity index (χ0) is 14.4. The predicted octanol–water partition coefficient (Wildman–Crippen LogP) is 3.38. The molecule has 0 saturated heterocycles. The summed E-state index contributed by atoms with van der Waals surface area (Å²) in [5, 5.41) is 3.58. The molecule has 0 amide bonds. The SMILES string of the molecule is Cc1cnc(Cl)nc1NCCCN(C)c1ccccc1. The van der Waals surface area contributed by atoms with Gasteiger partial charge in [-0.3, -0.25) is 0 Å². The van der Waals surface area contributed by atoms with Gasteiger partial charge in [-0.05, 0) is 37.1 Å². The van der Waals surface area contributed by atoms with Gasteiger partial charge in [-0.2, -0.15) is 0 Å². The number of aryl methyl sites for hydroxylation is 1. The van der Waals surface area contributed by atoms with Gasteiger partial charge in [0, 0.05) is 37.6 Å². The Hall–Kier alpha value is -1.81. The molecule has 1 aromatic carbocycles. The fourth-order valence-electron chi connectivity index (χ4n) is 1.93. The Morgan fingerprint density at radius 2 is 2.00 bits per heavy atom. The summed E-state index contributed by atoms with van der Waals surface area (Å²) < 4.78 is 0. The molecule has 0 unspecified atom stereocenters. The highest BCUT2D eigenvalue weighted by molar-refractivity contribution is 6.28. The molecule has 2 rings (SSSR count).